The van der Waals surface area contributed by atoms with Crippen molar-refractivity contribution in [1.29, 1.82) is 0 Å². The Morgan fingerprint density at radius 3 is 1.10 bits per heavy atom. The number of ether oxygens (including phenoxy) is 2. The molecular weight excluding hydrogens is 983 g/mol. The van der Waals surface area contributed by atoms with Crippen LogP contribution in [-0.2, 0) is 14.3 Å². The van der Waals surface area contributed by atoms with Crippen molar-refractivity contribution in [3.05, 3.63) is 48.6 Å². The Morgan fingerprint density at radius 1 is 0.430 bits per heavy atom. The molecule has 0 radical (unpaired) electrons. The number of nitrogens with one attached hydrogen (secondary N) is 1. The van der Waals surface area contributed by atoms with E-state index >= 15 is 0 Å². The van der Waals surface area contributed by atoms with E-state index in [1.807, 2.05) is 6.08 Å². The first-order valence-corrected chi connectivity index (χ1v) is 34.4. The van der Waals surface area contributed by atoms with Crippen molar-refractivity contribution >= 4 is 5.91 Å². The zero-order valence-corrected chi connectivity index (χ0v) is 51.9. The minimum atomic E-state index is -1.57. The highest BCUT2D eigenvalue weighted by Crippen LogP contribution is 2.23. The Hall–Kier alpha value is -1.85. The topological polar surface area (TPSA) is 149 Å². The molecule has 0 aromatic carbocycles. The van der Waals surface area contributed by atoms with Crippen molar-refractivity contribution in [2.45, 2.75) is 378 Å². The van der Waals surface area contributed by atoms with Gasteiger partial charge in [-0.1, -0.05) is 319 Å². The molecule has 79 heavy (non-hydrogen) atoms. The highest BCUT2D eigenvalue weighted by Gasteiger charge is 2.44. The number of hydrogen-bond donors (Lipinski definition) is 6. The van der Waals surface area contributed by atoms with Crippen LogP contribution in [-0.4, -0.2) is 87.5 Å². The van der Waals surface area contributed by atoms with Gasteiger partial charge >= 0.3 is 0 Å². The highest BCUT2D eigenvalue weighted by atomic mass is 16.7. The maximum Gasteiger partial charge on any atom is 0.220 e. The minimum absolute atomic E-state index is 0.181. The first-order chi connectivity index (χ1) is 38.8. The van der Waals surface area contributed by atoms with Gasteiger partial charge in [0, 0.05) is 6.42 Å². The Morgan fingerprint density at radius 2 is 0.747 bits per heavy atom. The Balaban J connectivity index is 2.14. The molecule has 9 heteroatoms. The predicted molar refractivity (Wildman–Crippen MR) is 336 cm³/mol. The fourth-order valence-electron chi connectivity index (χ4n) is 11.0. The normalized spacial score (nSPS) is 18.8. The molecule has 9 nitrogen and oxygen atoms in total. The van der Waals surface area contributed by atoms with E-state index in [9.17, 15) is 30.3 Å². The maximum absolute atomic E-state index is 13.1. The van der Waals surface area contributed by atoms with Crippen LogP contribution < -0.4 is 5.32 Å². The fourth-order valence-corrected chi connectivity index (χ4v) is 11.0. The monoisotopic (exact) mass is 1110 g/mol. The third kappa shape index (κ3) is 48.3. The Bertz CT molecular complexity index is 1380. The molecule has 464 valence electrons. The van der Waals surface area contributed by atoms with E-state index in [4.69, 9.17) is 9.47 Å². The smallest absolute Gasteiger partial charge is 0.220 e. The summed E-state index contributed by atoms with van der Waals surface area (Å²) in [5.41, 5.74) is 0. The number of rotatable bonds is 60. The number of carbonyl (C=O) groups is 1. The highest BCUT2D eigenvalue weighted by molar-refractivity contribution is 5.76. The number of amides is 1. The van der Waals surface area contributed by atoms with Crippen molar-refractivity contribution in [1.82, 2.24) is 5.32 Å². The molecule has 7 unspecified atom stereocenters. The molecule has 1 aliphatic heterocycles. The fraction of sp³-hybridized carbons (Fsp3) is 0.871. The summed E-state index contributed by atoms with van der Waals surface area (Å²) in [6, 6.07) is -0.812. The van der Waals surface area contributed by atoms with Crippen LogP contribution in [0, 0.1) is 0 Å². The van der Waals surface area contributed by atoms with Crippen LogP contribution in [0.5, 0.6) is 0 Å². The van der Waals surface area contributed by atoms with E-state index in [1.165, 1.54) is 250 Å². The number of unbranched alkanes of at least 4 members (excludes halogenated alkanes) is 44. The summed E-state index contributed by atoms with van der Waals surface area (Å²) in [7, 11) is 0. The summed E-state index contributed by atoms with van der Waals surface area (Å²) in [6.07, 6.45) is 73.5. The van der Waals surface area contributed by atoms with Gasteiger partial charge in [-0.05, 0) is 57.8 Å². The summed E-state index contributed by atoms with van der Waals surface area (Å²) in [5.74, 6) is -0.181. The molecule has 0 aromatic rings. The van der Waals surface area contributed by atoms with Gasteiger partial charge in [-0.15, -0.1) is 0 Å². The van der Waals surface area contributed by atoms with Gasteiger partial charge < -0.3 is 40.3 Å². The first kappa shape index (κ1) is 75.2. The van der Waals surface area contributed by atoms with Crippen LogP contribution in [0.25, 0.3) is 0 Å². The molecule has 1 amide bonds. The van der Waals surface area contributed by atoms with Gasteiger partial charge in [0.05, 0.1) is 25.4 Å². The molecule has 1 saturated heterocycles. The zero-order valence-electron chi connectivity index (χ0n) is 51.9. The molecule has 1 fully saturated rings. The van der Waals surface area contributed by atoms with E-state index in [2.05, 4.69) is 55.6 Å². The second-order valence-electron chi connectivity index (χ2n) is 24.0. The van der Waals surface area contributed by atoms with Crippen LogP contribution in [0.15, 0.2) is 48.6 Å². The van der Waals surface area contributed by atoms with Crippen LogP contribution >= 0.6 is 0 Å². The first-order valence-electron chi connectivity index (χ1n) is 34.4. The lowest BCUT2D eigenvalue weighted by Gasteiger charge is -2.40. The molecular formula is C70H131NO8. The molecule has 6 N–H and O–H groups in total. The second kappa shape index (κ2) is 59.3. The standard InChI is InChI=1S/C70H131NO8/c1-3-5-7-9-11-13-15-17-19-21-23-25-27-28-29-30-31-32-33-34-35-36-38-39-41-43-45-47-49-51-53-55-57-59-64(73)63(62-78-70-69(77)68(76)67(75)65(61-72)79-70)71-66(74)60-58-56-54-52-50-48-46-44-42-40-37-26-24-22-20-18-16-14-12-10-8-6-4-2/h16,18,22,24,37,40,57,59,63-65,67-70,72-73,75-77H,3-15,17,19-21,23,25-36,38-39,41-56,58,60-62H2,1-2H3,(H,71,74)/b18-16-,24-22-,40-37-,59-57+. The molecule has 0 spiro atoms. The molecule has 7 atom stereocenters. The number of carbonyl (C=O) groups excluding carboxylic acids is 1. The number of hydrogen-bond acceptors (Lipinski definition) is 8. The SMILES string of the molecule is CCCCCCC/C=C\C/C=C\C/C=C\CCCCCCCCCCC(=O)NC(COC1OC(CO)C(O)C(O)C1O)C(O)/C=C/CCCCCCCCCCCCCCCCCCCCCCCCCCCCCCCCC. The van der Waals surface area contributed by atoms with Crippen molar-refractivity contribution in [2.75, 3.05) is 13.2 Å². The molecule has 1 aliphatic rings. The average molecular weight is 1110 g/mol. The van der Waals surface area contributed by atoms with Gasteiger partial charge in [0.2, 0.25) is 5.91 Å². The van der Waals surface area contributed by atoms with E-state index in [0.29, 0.717) is 6.42 Å². The van der Waals surface area contributed by atoms with Gasteiger partial charge in [-0.25, -0.2) is 0 Å². The van der Waals surface area contributed by atoms with Crippen molar-refractivity contribution < 1.29 is 39.8 Å². The third-order valence-corrected chi connectivity index (χ3v) is 16.4. The average Bonchev–Trinajstić information content (AvgIpc) is 3.47. The lowest BCUT2D eigenvalue weighted by atomic mass is 9.99. The van der Waals surface area contributed by atoms with E-state index in [1.54, 1.807) is 6.08 Å². The van der Waals surface area contributed by atoms with Crippen LogP contribution in [0.1, 0.15) is 335 Å². The number of aliphatic hydroxyl groups excluding tert-OH is 5. The number of allylic oxidation sites excluding steroid dienone is 7. The second-order valence-corrected chi connectivity index (χ2v) is 24.0. The van der Waals surface area contributed by atoms with Crippen LogP contribution in [0.2, 0.25) is 0 Å². The minimum Gasteiger partial charge on any atom is -0.394 e. The van der Waals surface area contributed by atoms with Crippen molar-refractivity contribution in [3.8, 4) is 0 Å². The largest absolute Gasteiger partial charge is 0.394 e. The Kier molecular flexibility index (Phi) is 56.4. The van der Waals surface area contributed by atoms with Crippen LogP contribution in [0.4, 0.5) is 0 Å². The summed E-state index contributed by atoms with van der Waals surface area (Å²) in [4.78, 5) is 13.1. The lowest BCUT2D eigenvalue weighted by molar-refractivity contribution is -0.302. The zero-order chi connectivity index (χ0) is 57.2. The van der Waals surface area contributed by atoms with Crippen LogP contribution in [0.3, 0.4) is 0 Å². The quantitative estimate of drug-likeness (QED) is 0.0261. The van der Waals surface area contributed by atoms with Gasteiger partial charge in [-0.2, -0.15) is 0 Å². The summed E-state index contributed by atoms with van der Waals surface area (Å²) >= 11 is 0. The molecule has 0 bridgehead atoms. The Labute approximate surface area is 488 Å². The predicted octanol–water partition coefficient (Wildman–Crippen LogP) is 18.4. The maximum atomic E-state index is 13.1. The molecule has 1 heterocycles. The van der Waals surface area contributed by atoms with Crippen molar-refractivity contribution in [3.63, 3.8) is 0 Å². The van der Waals surface area contributed by atoms with E-state index in [-0.39, 0.29) is 12.5 Å². The van der Waals surface area contributed by atoms with E-state index in [0.717, 1.165) is 64.2 Å². The lowest BCUT2D eigenvalue weighted by Crippen LogP contribution is -2.60. The van der Waals surface area contributed by atoms with Gasteiger partial charge in [0.25, 0.3) is 0 Å². The van der Waals surface area contributed by atoms with Gasteiger partial charge in [-0.3, -0.25) is 4.79 Å². The summed E-state index contributed by atoms with van der Waals surface area (Å²) in [5, 5.41) is 54.7. The third-order valence-electron chi connectivity index (χ3n) is 16.4. The number of aliphatic hydroxyl groups is 5. The van der Waals surface area contributed by atoms with E-state index < -0.39 is 49.5 Å². The van der Waals surface area contributed by atoms with Crippen molar-refractivity contribution in [2.24, 2.45) is 0 Å². The molecule has 0 aromatic heterocycles. The van der Waals surface area contributed by atoms with Gasteiger partial charge in [0.1, 0.15) is 24.4 Å². The summed E-state index contributed by atoms with van der Waals surface area (Å²) in [6.45, 7) is 3.80. The molecule has 0 aliphatic carbocycles. The van der Waals surface area contributed by atoms with Gasteiger partial charge in [0.15, 0.2) is 6.29 Å². The summed E-state index contributed by atoms with van der Waals surface area (Å²) < 4.78 is 11.3. The molecule has 0 saturated carbocycles. The molecule has 1 rings (SSSR count).